The number of benzene rings is 1. The number of amides is 1. The number of nitrogens with one attached hydrogen (secondary N) is 2. The average molecular weight is 264 g/mol. The highest BCUT2D eigenvalue weighted by Crippen LogP contribution is 2.04. The van der Waals surface area contributed by atoms with E-state index in [-0.39, 0.29) is 16.8 Å². The van der Waals surface area contributed by atoms with Crippen LogP contribution in [0, 0.1) is 5.82 Å². The van der Waals surface area contributed by atoms with Crippen LogP contribution >= 0.6 is 12.2 Å². The number of thiocarbonyl (C=S) groups is 1. The van der Waals surface area contributed by atoms with E-state index in [9.17, 15) is 9.18 Å². The van der Waals surface area contributed by atoms with Gasteiger partial charge in [-0.3, -0.25) is 10.1 Å². The van der Waals surface area contributed by atoms with Crippen molar-refractivity contribution in [2.75, 3.05) is 6.54 Å². The van der Waals surface area contributed by atoms with Gasteiger partial charge in [0.2, 0.25) is 5.91 Å². The highest BCUT2D eigenvalue weighted by atomic mass is 32.1. The van der Waals surface area contributed by atoms with Gasteiger partial charge in [-0.2, -0.15) is 0 Å². The van der Waals surface area contributed by atoms with Gasteiger partial charge in [-0.15, -0.1) is 6.58 Å². The lowest BCUT2D eigenvalue weighted by Crippen LogP contribution is -2.38. The van der Waals surface area contributed by atoms with Gasteiger partial charge in [-0.25, -0.2) is 4.39 Å². The van der Waals surface area contributed by atoms with Crippen molar-refractivity contribution in [1.29, 1.82) is 0 Å². The first-order chi connectivity index (χ1) is 8.61. The summed E-state index contributed by atoms with van der Waals surface area (Å²) in [6.45, 7) is 4.00. The van der Waals surface area contributed by atoms with Crippen molar-refractivity contribution >= 4 is 29.3 Å². The van der Waals surface area contributed by atoms with Crippen LogP contribution in [0.5, 0.6) is 0 Å². The van der Waals surface area contributed by atoms with Gasteiger partial charge in [0.05, 0.1) is 0 Å². The SMILES string of the molecule is C=CCNC(=S)NC(=O)/C=C/c1ccc(F)cc1. The van der Waals surface area contributed by atoms with E-state index in [1.807, 2.05) is 0 Å². The van der Waals surface area contributed by atoms with Crippen LogP contribution in [0.2, 0.25) is 0 Å². The Morgan fingerprint density at radius 3 is 2.67 bits per heavy atom. The Morgan fingerprint density at radius 1 is 1.39 bits per heavy atom. The van der Waals surface area contributed by atoms with Crippen molar-refractivity contribution < 1.29 is 9.18 Å². The molecular formula is C13H13FN2OS. The molecule has 0 saturated carbocycles. The molecule has 3 nitrogen and oxygen atoms in total. The van der Waals surface area contributed by atoms with Gasteiger partial charge >= 0.3 is 0 Å². The molecule has 1 aromatic rings. The summed E-state index contributed by atoms with van der Waals surface area (Å²) in [7, 11) is 0. The maximum Gasteiger partial charge on any atom is 0.250 e. The molecule has 0 aliphatic carbocycles. The molecule has 0 bridgehead atoms. The van der Waals surface area contributed by atoms with E-state index in [4.69, 9.17) is 12.2 Å². The molecule has 18 heavy (non-hydrogen) atoms. The Bertz CT molecular complexity index is 468. The monoisotopic (exact) mass is 264 g/mol. The number of halogens is 1. The van der Waals surface area contributed by atoms with Gasteiger partial charge in [-0.1, -0.05) is 18.2 Å². The fourth-order valence-electron chi connectivity index (χ4n) is 1.11. The molecule has 0 saturated heterocycles. The summed E-state index contributed by atoms with van der Waals surface area (Å²) in [5, 5.41) is 5.48. The molecule has 5 heteroatoms. The number of hydrogen-bond donors (Lipinski definition) is 2. The Labute approximate surface area is 110 Å². The van der Waals surface area contributed by atoms with Crippen molar-refractivity contribution in [2.45, 2.75) is 0 Å². The number of rotatable bonds is 4. The lowest BCUT2D eigenvalue weighted by molar-refractivity contribution is -0.115. The minimum atomic E-state index is -0.346. The first kappa shape index (κ1) is 14.1. The van der Waals surface area contributed by atoms with Crippen LogP contribution in [-0.2, 0) is 4.79 Å². The first-order valence-corrected chi connectivity index (χ1v) is 5.66. The molecule has 0 atom stereocenters. The second-order valence-corrected chi connectivity index (χ2v) is 3.78. The zero-order valence-electron chi connectivity index (χ0n) is 9.65. The maximum atomic E-state index is 12.6. The minimum absolute atomic E-state index is 0.239. The highest BCUT2D eigenvalue weighted by molar-refractivity contribution is 7.80. The molecule has 0 spiro atoms. The lowest BCUT2D eigenvalue weighted by atomic mass is 10.2. The van der Waals surface area contributed by atoms with Crippen molar-refractivity contribution in [2.24, 2.45) is 0 Å². The van der Waals surface area contributed by atoms with E-state index in [1.54, 1.807) is 24.3 Å². The predicted molar refractivity (Wildman–Crippen MR) is 74.4 cm³/mol. The second-order valence-electron chi connectivity index (χ2n) is 3.37. The summed E-state index contributed by atoms with van der Waals surface area (Å²) < 4.78 is 12.6. The highest BCUT2D eigenvalue weighted by Gasteiger charge is 1.98. The smallest absolute Gasteiger partial charge is 0.250 e. The third-order valence-electron chi connectivity index (χ3n) is 1.94. The Balaban J connectivity index is 2.46. The molecule has 94 valence electrons. The molecule has 0 heterocycles. The minimum Gasteiger partial charge on any atom is -0.359 e. The standard InChI is InChI=1S/C13H13FN2OS/c1-2-9-15-13(18)16-12(17)8-5-10-3-6-11(14)7-4-10/h2-8H,1,9H2,(H2,15,16,17,18)/b8-5+. The second kappa shape index (κ2) is 7.34. The zero-order chi connectivity index (χ0) is 13.4. The third kappa shape index (κ3) is 5.36. The Morgan fingerprint density at radius 2 is 2.06 bits per heavy atom. The summed E-state index contributed by atoms with van der Waals surface area (Å²) in [5.74, 6) is -0.660. The van der Waals surface area contributed by atoms with E-state index in [0.29, 0.717) is 6.54 Å². The molecule has 1 aromatic carbocycles. The Hall–Kier alpha value is -2.01. The molecule has 2 N–H and O–H groups in total. The fourth-order valence-corrected chi connectivity index (χ4v) is 1.29. The van der Waals surface area contributed by atoms with Gasteiger partial charge < -0.3 is 5.32 Å². The van der Waals surface area contributed by atoms with E-state index in [2.05, 4.69) is 17.2 Å². The molecule has 0 fully saturated rings. The van der Waals surface area contributed by atoms with E-state index >= 15 is 0 Å². The van der Waals surface area contributed by atoms with Crippen molar-refractivity contribution in [3.05, 3.63) is 54.4 Å². The van der Waals surface area contributed by atoms with Gasteiger partial charge in [0.25, 0.3) is 0 Å². The summed E-state index contributed by atoms with van der Waals surface area (Å²) in [5.41, 5.74) is 0.733. The van der Waals surface area contributed by atoms with Crippen LogP contribution in [-0.4, -0.2) is 17.6 Å². The van der Waals surface area contributed by atoms with Crippen molar-refractivity contribution in [3.8, 4) is 0 Å². The average Bonchev–Trinajstić information content (AvgIpc) is 2.35. The summed E-state index contributed by atoms with van der Waals surface area (Å²) in [6, 6.07) is 5.81. The van der Waals surface area contributed by atoms with Gasteiger partial charge in [0.1, 0.15) is 5.82 Å². The van der Waals surface area contributed by atoms with E-state index in [1.165, 1.54) is 18.2 Å². The van der Waals surface area contributed by atoms with Crippen LogP contribution in [0.15, 0.2) is 43.0 Å². The number of carbonyl (C=O) groups excluding carboxylic acids is 1. The summed E-state index contributed by atoms with van der Waals surface area (Å²) in [6.07, 6.45) is 4.53. The fraction of sp³-hybridized carbons (Fsp3) is 0.0769. The summed E-state index contributed by atoms with van der Waals surface area (Å²) >= 11 is 4.87. The zero-order valence-corrected chi connectivity index (χ0v) is 10.5. The maximum absolute atomic E-state index is 12.6. The molecule has 0 radical (unpaired) electrons. The van der Waals surface area contributed by atoms with Crippen LogP contribution in [0.3, 0.4) is 0 Å². The molecule has 0 aromatic heterocycles. The number of carbonyl (C=O) groups is 1. The topological polar surface area (TPSA) is 41.1 Å². The van der Waals surface area contributed by atoms with Crippen LogP contribution < -0.4 is 10.6 Å². The van der Waals surface area contributed by atoms with Gasteiger partial charge in [-0.05, 0) is 36.0 Å². The molecule has 0 aliphatic heterocycles. The normalized spacial score (nSPS) is 10.1. The van der Waals surface area contributed by atoms with Gasteiger partial charge in [0.15, 0.2) is 5.11 Å². The molecular weight excluding hydrogens is 251 g/mol. The quantitative estimate of drug-likeness (QED) is 0.496. The molecule has 1 amide bonds. The van der Waals surface area contributed by atoms with Crippen LogP contribution in [0.4, 0.5) is 4.39 Å². The van der Waals surface area contributed by atoms with Crippen LogP contribution in [0.25, 0.3) is 6.08 Å². The number of hydrogen-bond acceptors (Lipinski definition) is 2. The molecule has 0 aliphatic rings. The molecule has 0 unspecified atom stereocenters. The first-order valence-electron chi connectivity index (χ1n) is 5.25. The van der Waals surface area contributed by atoms with Gasteiger partial charge in [0, 0.05) is 12.6 Å². The predicted octanol–water partition coefficient (Wildman–Crippen LogP) is 2.02. The van der Waals surface area contributed by atoms with Crippen molar-refractivity contribution in [3.63, 3.8) is 0 Å². The third-order valence-corrected chi connectivity index (χ3v) is 2.19. The van der Waals surface area contributed by atoms with Crippen LogP contribution in [0.1, 0.15) is 5.56 Å². The van der Waals surface area contributed by atoms with Crippen molar-refractivity contribution in [1.82, 2.24) is 10.6 Å². The van der Waals surface area contributed by atoms with E-state index in [0.717, 1.165) is 5.56 Å². The summed E-state index contributed by atoms with van der Waals surface area (Å²) in [4.78, 5) is 11.4. The van der Waals surface area contributed by atoms with E-state index < -0.39 is 0 Å². The largest absolute Gasteiger partial charge is 0.359 e. The molecule has 1 rings (SSSR count). The lowest BCUT2D eigenvalue weighted by Gasteiger charge is -2.04. The Kier molecular flexibility index (Phi) is 5.73.